The molecule has 2 heterocycles. The molecule has 8 heavy (non-hydrogen) atoms. The van der Waals surface area contributed by atoms with Crippen molar-refractivity contribution in [3.05, 3.63) is 5.32 Å². The van der Waals surface area contributed by atoms with Gasteiger partial charge in [-0.2, -0.15) is 0 Å². The first-order valence-electron chi connectivity index (χ1n) is 3.12. The summed E-state index contributed by atoms with van der Waals surface area (Å²) in [5.41, 5.74) is 0.528. The van der Waals surface area contributed by atoms with Crippen molar-refractivity contribution in [2.75, 3.05) is 26.3 Å². The van der Waals surface area contributed by atoms with Crippen molar-refractivity contribution in [3.63, 3.8) is 0 Å². The van der Waals surface area contributed by atoms with Crippen LogP contribution in [0.3, 0.4) is 0 Å². The number of rotatable bonds is 0. The summed E-state index contributed by atoms with van der Waals surface area (Å²) in [5.74, 6) is 0. The smallest absolute Gasteiger partial charge is 0.0527 e. The van der Waals surface area contributed by atoms with Gasteiger partial charge in [-0.3, -0.25) is 0 Å². The second-order valence-electron chi connectivity index (χ2n) is 2.85. The van der Waals surface area contributed by atoms with Crippen LogP contribution in [-0.4, -0.2) is 26.3 Å². The predicted octanol–water partition coefficient (Wildman–Crippen LogP) is 0.780. The standard InChI is InChI=1S/C6H10NO/c1-2-7-3-6(1)4-8-5-6/h1-5H2/q-1. The Balaban J connectivity index is 2.01. The van der Waals surface area contributed by atoms with E-state index in [2.05, 4.69) is 5.32 Å². The van der Waals surface area contributed by atoms with E-state index in [0.29, 0.717) is 5.41 Å². The van der Waals surface area contributed by atoms with Gasteiger partial charge in [0, 0.05) is 0 Å². The van der Waals surface area contributed by atoms with E-state index in [0.717, 1.165) is 26.3 Å². The van der Waals surface area contributed by atoms with Crippen LogP contribution in [0.4, 0.5) is 0 Å². The zero-order valence-corrected chi connectivity index (χ0v) is 4.89. The first kappa shape index (κ1) is 4.77. The Hall–Kier alpha value is -0.0800. The van der Waals surface area contributed by atoms with Crippen molar-refractivity contribution in [1.82, 2.24) is 0 Å². The summed E-state index contributed by atoms with van der Waals surface area (Å²) >= 11 is 0. The molecule has 2 fully saturated rings. The number of hydrogen-bond donors (Lipinski definition) is 0. The molecule has 0 amide bonds. The topological polar surface area (TPSA) is 23.3 Å². The summed E-state index contributed by atoms with van der Waals surface area (Å²) in [7, 11) is 0. The van der Waals surface area contributed by atoms with E-state index in [1.54, 1.807) is 0 Å². The van der Waals surface area contributed by atoms with Gasteiger partial charge in [0.05, 0.1) is 13.2 Å². The Kier molecular flexibility index (Phi) is 0.866. The molecule has 2 aliphatic heterocycles. The van der Waals surface area contributed by atoms with Crippen LogP contribution in [0.15, 0.2) is 0 Å². The molecule has 1 spiro atoms. The second-order valence-corrected chi connectivity index (χ2v) is 2.85. The Labute approximate surface area is 49.2 Å². The molecule has 46 valence electrons. The SMILES string of the molecule is C1CC2(C[N-]1)COC2. The molecule has 0 N–H and O–H groups in total. The van der Waals surface area contributed by atoms with E-state index in [4.69, 9.17) is 4.74 Å². The zero-order valence-electron chi connectivity index (χ0n) is 4.89. The van der Waals surface area contributed by atoms with Crippen molar-refractivity contribution >= 4 is 0 Å². The molecule has 2 heteroatoms. The second kappa shape index (κ2) is 1.45. The Morgan fingerprint density at radius 1 is 1.38 bits per heavy atom. The van der Waals surface area contributed by atoms with Gasteiger partial charge in [0.1, 0.15) is 0 Å². The van der Waals surface area contributed by atoms with Gasteiger partial charge in [-0.25, -0.2) is 0 Å². The van der Waals surface area contributed by atoms with Gasteiger partial charge >= 0.3 is 0 Å². The molecule has 0 aromatic rings. The summed E-state index contributed by atoms with van der Waals surface area (Å²) in [6.45, 7) is 4.07. The van der Waals surface area contributed by atoms with E-state index < -0.39 is 0 Å². The quantitative estimate of drug-likeness (QED) is 0.454. The fourth-order valence-electron chi connectivity index (χ4n) is 1.34. The lowest BCUT2D eigenvalue weighted by molar-refractivity contribution is -0.0973. The molecule has 0 atom stereocenters. The third-order valence-electron chi connectivity index (χ3n) is 2.06. The van der Waals surface area contributed by atoms with Crippen LogP contribution >= 0.6 is 0 Å². The van der Waals surface area contributed by atoms with Crippen molar-refractivity contribution in [2.24, 2.45) is 5.41 Å². The van der Waals surface area contributed by atoms with Crippen molar-refractivity contribution in [3.8, 4) is 0 Å². The summed E-state index contributed by atoms with van der Waals surface area (Å²) in [6.07, 6.45) is 1.27. The van der Waals surface area contributed by atoms with E-state index in [1.807, 2.05) is 0 Å². The van der Waals surface area contributed by atoms with Crippen molar-refractivity contribution < 1.29 is 4.74 Å². The van der Waals surface area contributed by atoms with Crippen molar-refractivity contribution in [1.29, 1.82) is 0 Å². The number of nitrogens with zero attached hydrogens (tertiary/aromatic N) is 1. The third-order valence-corrected chi connectivity index (χ3v) is 2.06. The number of ether oxygens (including phenoxy) is 1. The van der Waals surface area contributed by atoms with Crippen LogP contribution in [0.25, 0.3) is 5.32 Å². The van der Waals surface area contributed by atoms with Gasteiger partial charge in [0.15, 0.2) is 0 Å². The van der Waals surface area contributed by atoms with Crippen LogP contribution in [0.5, 0.6) is 0 Å². The van der Waals surface area contributed by atoms with Crippen LogP contribution < -0.4 is 0 Å². The van der Waals surface area contributed by atoms with Gasteiger partial charge in [-0.15, -0.1) is 13.1 Å². The minimum absolute atomic E-state index is 0.528. The van der Waals surface area contributed by atoms with Crippen LogP contribution in [0.1, 0.15) is 6.42 Å². The van der Waals surface area contributed by atoms with Crippen LogP contribution in [0, 0.1) is 5.41 Å². The molecule has 0 radical (unpaired) electrons. The minimum Gasteiger partial charge on any atom is -0.662 e. The third kappa shape index (κ3) is 0.501. The monoisotopic (exact) mass is 112 g/mol. The predicted molar refractivity (Wildman–Crippen MR) is 31.0 cm³/mol. The summed E-state index contributed by atoms with van der Waals surface area (Å²) in [6, 6.07) is 0. The van der Waals surface area contributed by atoms with E-state index >= 15 is 0 Å². The van der Waals surface area contributed by atoms with Gasteiger partial charge in [0.25, 0.3) is 0 Å². The van der Waals surface area contributed by atoms with E-state index in [-0.39, 0.29) is 0 Å². The molecule has 2 rings (SSSR count). The molecule has 0 bridgehead atoms. The largest absolute Gasteiger partial charge is 0.662 e. The minimum atomic E-state index is 0.528. The molecular weight excluding hydrogens is 102 g/mol. The lowest BCUT2D eigenvalue weighted by atomic mass is 9.86. The summed E-state index contributed by atoms with van der Waals surface area (Å²) < 4.78 is 5.10. The molecule has 0 aromatic carbocycles. The Morgan fingerprint density at radius 2 is 2.25 bits per heavy atom. The Morgan fingerprint density at radius 3 is 2.50 bits per heavy atom. The summed E-state index contributed by atoms with van der Waals surface area (Å²) in [5, 5.41) is 4.28. The van der Waals surface area contributed by atoms with Crippen LogP contribution in [0.2, 0.25) is 0 Å². The highest BCUT2D eigenvalue weighted by Crippen LogP contribution is 2.37. The molecule has 2 aliphatic rings. The molecule has 0 aromatic heterocycles. The molecule has 2 nitrogen and oxygen atoms in total. The average molecular weight is 112 g/mol. The maximum atomic E-state index is 5.10. The highest BCUT2D eigenvalue weighted by atomic mass is 16.5. The molecular formula is C6H10NO-. The van der Waals surface area contributed by atoms with Gasteiger partial charge < -0.3 is 10.1 Å². The first-order chi connectivity index (χ1) is 3.91. The van der Waals surface area contributed by atoms with Crippen LogP contribution in [-0.2, 0) is 4.74 Å². The highest BCUT2D eigenvalue weighted by molar-refractivity contribution is 5.05. The molecule has 0 saturated carbocycles. The average Bonchev–Trinajstić information content (AvgIpc) is 2.07. The van der Waals surface area contributed by atoms with E-state index in [1.165, 1.54) is 6.42 Å². The normalized spacial score (nSPS) is 33.0. The maximum Gasteiger partial charge on any atom is 0.0527 e. The maximum absolute atomic E-state index is 5.10. The molecule has 2 saturated heterocycles. The zero-order chi connectivity index (χ0) is 5.45. The fraction of sp³-hybridized carbons (Fsp3) is 1.00. The van der Waals surface area contributed by atoms with E-state index in [9.17, 15) is 0 Å². The first-order valence-corrected chi connectivity index (χ1v) is 3.12. The number of hydrogen-bond acceptors (Lipinski definition) is 1. The van der Waals surface area contributed by atoms with Gasteiger partial charge in [-0.1, -0.05) is 6.42 Å². The molecule has 0 unspecified atom stereocenters. The lowest BCUT2D eigenvalue weighted by Gasteiger charge is -2.40. The summed E-state index contributed by atoms with van der Waals surface area (Å²) in [4.78, 5) is 0. The molecule has 0 aliphatic carbocycles. The fourth-order valence-corrected chi connectivity index (χ4v) is 1.34. The van der Waals surface area contributed by atoms with Crippen molar-refractivity contribution in [2.45, 2.75) is 6.42 Å². The lowest BCUT2D eigenvalue weighted by Crippen LogP contribution is -2.42. The van der Waals surface area contributed by atoms with Gasteiger partial charge in [0.2, 0.25) is 0 Å². The Bertz CT molecular complexity index is 90.7. The van der Waals surface area contributed by atoms with Gasteiger partial charge in [-0.05, 0) is 5.41 Å². The highest BCUT2D eigenvalue weighted by Gasteiger charge is 2.35.